The van der Waals surface area contributed by atoms with Crippen molar-refractivity contribution in [1.82, 2.24) is 10.6 Å². The number of aliphatic carboxylic acids is 1. The first kappa shape index (κ1) is 16.5. The maximum Gasteiger partial charge on any atom is 0.328 e. The zero-order valence-corrected chi connectivity index (χ0v) is 12.2. The van der Waals surface area contributed by atoms with Gasteiger partial charge in [0.05, 0.1) is 6.54 Å². The second-order valence-corrected chi connectivity index (χ2v) is 5.94. The topological polar surface area (TPSA) is 95.5 Å². The highest BCUT2D eigenvalue weighted by atomic mass is 16.4. The molecule has 1 aliphatic carbocycles. The molecule has 6 heteroatoms. The number of amides is 2. The van der Waals surface area contributed by atoms with Crippen LogP contribution in [0.1, 0.15) is 52.4 Å². The zero-order valence-electron chi connectivity index (χ0n) is 12.2. The smallest absolute Gasteiger partial charge is 0.328 e. The third-order valence-electron chi connectivity index (χ3n) is 3.69. The molecule has 0 aromatic carbocycles. The van der Waals surface area contributed by atoms with Gasteiger partial charge in [0.2, 0.25) is 11.8 Å². The number of nitrogens with one attached hydrogen (secondary N) is 2. The SMILES string of the molecule is CC(C)(NC(=O)CNC(=O)CCC1CCCC1)C(=O)O. The minimum atomic E-state index is -1.33. The van der Waals surface area contributed by atoms with Crippen LogP contribution in [0.25, 0.3) is 0 Å². The van der Waals surface area contributed by atoms with E-state index in [1.54, 1.807) is 0 Å². The van der Waals surface area contributed by atoms with E-state index in [1.807, 2.05) is 0 Å². The molecule has 0 bridgehead atoms. The summed E-state index contributed by atoms with van der Waals surface area (Å²) >= 11 is 0. The highest BCUT2D eigenvalue weighted by Gasteiger charge is 2.28. The van der Waals surface area contributed by atoms with E-state index in [9.17, 15) is 14.4 Å². The Bertz CT molecular complexity index is 373. The van der Waals surface area contributed by atoms with Gasteiger partial charge in [0.25, 0.3) is 0 Å². The third kappa shape index (κ3) is 5.59. The predicted molar refractivity (Wildman–Crippen MR) is 74.1 cm³/mol. The lowest BCUT2D eigenvalue weighted by Crippen LogP contribution is -2.52. The number of carbonyl (C=O) groups excluding carboxylic acids is 2. The molecule has 0 heterocycles. The van der Waals surface area contributed by atoms with Gasteiger partial charge in [-0.2, -0.15) is 0 Å². The number of carboxylic acid groups (broad SMARTS) is 1. The van der Waals surface area contributed by atoms with Gasteiger partial charge in [-0.1, -0.05) is 25.7 Å². The summed E-state index contributed by atoms with van der Waals surface area (Å²) in [5.41, 5.74) is -1.33. The van der Waals surface area contributed by atoms with Crippen molar-refractivity contribution in [3.05, 3.63) is 0 Å². The van der Waals surface area contributed by atoms with Gasteiger partial charge in [-0.15, -0.1) is 0 Å². The summed E-state index contributed by atoms with van der Waals surface area (Å²) in [7, 11) is 0. The van der Waals surface area contributed by atoms with Crippen LogP contribution in [0.15, 0.2) is 0 Å². The summed E-state index contributed by atoms with van der Waals surface area (Å²) in [6.45, 7) is 2.62. The largest absolute Gasteiger partial charge is 0.480 e. The first-order valence-corrected chi connectivity index (χ1v) is 7.12. The lowest BCUT2D eigenvalue weighted by atomic mass is 10.0. The standard InChI is InChI=1S/C14H24N2O4/c1-14(2,13(19)20)16-12(18)9-15-11(17)8-7-10-5-3-4-6-10/h10H,3-9H2,1-2H3,(H,15,17)(H,16,18)(H,19,20). The van der Waals surface area contributed by atoms with Crippen molar-refractivity contribution >= 4 is 17.8 Å². The van der Waals surface area contributed by atoms with Crippen molar-refractivity contribution < 1.29 is 19.5 Å². The van der Waals surface area contributed by atoms with Gasteiger partial charge in [0.1, 0.15) is 5.54 Å². The Hall–Kier alpha value is -1.59. The molecule has 0 atom stereocenters. The van der Waals surface area contributed by atoms with Gasteiger partial charge in [0.15, 0.2) is 0 Å². The summed E-state index contributed by atoms with van der Waals surface area (Å²) in [5.74, 6) is -1.12. The van der Waals surface area contributed by atoms with Gasteiger partial charge in [-0.3, -0.25) is 9.59 Å². The Balaban J connectivity index is 2.19. The van der Waals surface area contributed by atoms with Crippen LogP contribution >= 0.6 is 0 Å². The second kappa shape index (κ2) is 7.26. The first-order valence-electron chi connectivity index (χ1n) is 7.12. The van der Waals surface area contributed by atoms with E-state index in [0.717, 1.165) is 6.42 Å². The molecule has 0 saturated heterocycles. The summed E-state index contributed by atoms with van der Waals surface area (Å²) in [6.07, 6.45) is 6.19. The fourth-order valence-corrected chi connectivity index (χ4v) is 2.35. The zero-order chi connectivity index (χ0) is 15.2. The van der Waals surface area contributed by atoms with Crippen molar-refractivity contribution in [2.45, 2.75) is 57.9 Å². The predicted octanol–water partition coefficient (Wildman–Crippen LogP) is 1.05. The van der Waals surface area contributed by atoms with Crippen molar-refractivity contribution in [1.29, 1.82) is 0 Å². The summed E-state index contributed by atoms with van der Waals surface area (Å²) in [4.78, 5) is 34.0. The molecule has 6 nitrogen and oxygen atoms in total. The molecule has 1 fully saturated rings. The van der Waals surface area contributed by atoms with E-state index in [4.69, 9.17) is 5.11 Å². The Kier molecular flexibility index (Phi) is 5.98. The summed E-state index contributed by atoms with van der Waals surface area (Å²) in [5, 5.41) is 13.8. The first-order chi connectivity index (χ1) is 9.31. The molecule has 0 aromatic rings. The lowest BCUT2D eigenvalue weighted by Gasteiger charge is -2.21. The van der Waals surface area contributed by atoms with Gasteiger partial charge >= 0.3 is 5.97 Å². The maximum absolute atomic E-state index is 11.6. The third-order valence-corrected chi connectivity index (χ3v) is 3.69. The van der Waals surface area contributed by atoms with E-state index < -0.39 is 17.4 Å². The Morgan fingerprint density at radius 1 is 1.15 bits per heavy atom. The van der Waals surface area contributed by atoms with Crippen LogP contribution in [-0.2, 0) is 14.4 Å². The lowest BCUT2D eigenvalue weighted by molar-refractivity contribution is -0.145. The van der Waals surface area contributed by atoms with Crippen molar-refractivity contribution in [2.24, 2.45) is 5.92 Å². The minimum Gasteiger partial charge on any atom is -0.480 e. The van der Waals surface area contributed by atoms with E-state index in [1.165, 1.54) is 39.5 Å². The van der Waals surface area contributed by atoms with Gasteiger partial charge in [-0.05, 0) is 26.2 Å². The van der Waals surface area contributed by atoms with E-state index in [0.29, 0.717) is 12.3 Å². The van der Waals surface area contributed by atoms with Crippen LogP contribution in [0.2, 0.25) is 0 Å². The molecular weight excluding hydrogens is 260 g/mol. The Morgan fingerprint density at radius 2 is 1.75 bits per heavy atom. The molecular formula is C14H24N2O4. The molecule has 114 valence electrons. The van der Waals surface area contributed by atoms with Crippen molar-refractivity contribution in [3.63, 3.8) is 0 Å². The molecule has 0 spiro atoms. The molecule has 1 saturated carbocycles. The fraction of sp³-hybridized carbons (Fsp3) is 0.786. The van der Waals surface area contributed by atoms with Crippen LogP contribution in [0.4, 0.5) is 0 Å². The Morgan fingerprint density at radius 3 is 2.30 bits per heavy atom. The molecule has 0 aliphatic heterocycles. The molecule has 0 unspecified atom stereocenters. The van der Waals surface area contributed by atoms with E-state index in [-0.39, 0.29) is 12.5 Å². The molecule has 0 aromatic heterocycles. The molecule has 2 amide bonds. The van der Waals surface area contributed by atoms with Gasteiger partial charge < -0.3 is 15.7 Å². The minimum absolute atomic E-state index is 0.153. The maximum atomic E-state index is 11.6. The molecule has 20 heavy (non-hydrogen) atoms. The van der Waals surface area contributed by atoms with Crippen LogP contribution in [-0.4, -0.2) is 35.0 Å². The van der Waals surface area contributed by atoms with Gasteiger partial charge in [-0.25, -0.2) is 4.79 Å². The highest BCUT2D eigenvalue weighted by molar-refractivity contribution is 5.89. The average molecular weight is 284 g/mol. The van der Waals surface area contributed by atoms with E-state index >= 15 is 0 Å². The number of carboxylic acids is 1. The average Bonchev–Trinajstić information content (AvgIpc) is 2.86. The van der Waals surface area contributed by atoms with Crippen LogP contribution < -0.4 is 10.6 Å². The summed E-state index contributed by atoms with van der Waals surface area (Å²) in [6, 6.07) is 0. The van der Waals surface area contributed by atoms with Crippen LogP contribution in [0.3, 0.4) is 0 Å². The summed E-state index contributed by atoms with van der Waals surface area (Å²) < 4.78 is 0. The monoisotopic (exact) mass is 284 g/mol. The Labute approximate surface area is 119 Å². The highest BCUT2D eigenvalue weighted by Crippen LogP contribution is 2.28. The van der Waals surface area contributed by atoms with Crippen LogP contribution in [0.5, 0.6) is 0 Å². The van der Waals surface area contributed by atoms with E-state index in [2.05, 4.69) is 10.6 Å². The molecule has 1 rings (SSSR count). The quantitative estimate of drug-likeness (QED) is 0.651. The number of rotatable bonds is 7. The number of carbonyl (C=O) groups is 3. The van der Waals surface area contributed by atoms with Gasteiger partial charge in [0, 0.05) is 6.42 Å². The van der Waals surface area contributed by atoms with Crippen LogP contribution in [0, 0.1) is 5.92 Å². The number of hydrogen-bond acceptors (Lipinski definition) is 3. The van der Waals surface area contributed by atoms with Crippen molar-refractivity contribution in [2.75, 3.05) is 6.54 Å². The molecule has 1 aliphatic rings. The normalized spacial score (nSPS) is 15.9. The number of hydrogen-bond donors (Lipinski definition) is 3. The second-order valence-electron chi connectivity index (χ2n) is 5.94. The fourth-order valence-electron chi connectivity index (χ4n) is 2.35. The van der Waals surface area contributed by atoms with Crippen molar-refractivity contribution in [3.8, 4) is 0 Å². The molecule has 3 N–H and O–H groups in total. The molecule has 0 radical (unpaired) electrons.